The maximum absolute atomic E-state index is 8.91. The standard InChI is InChI=1S/C6H12O.C4H10O2/c7-6-4-2-1-3-5-6;1-4(5)3-6-2/h6-7H,1-5H2;4-5H,3H2,1-2H3. The van der Waals surface area contributed by atoms with Crippen molar-refractivity contribution in [1.29, 1.82) is 0 Å². The summed E-state index contributed by atoms with van der Waals surface area (Å²) in [6.45, 7) is 2.11. The van der Waals surface area contributed by atoms with Gasteiger partial charge in [0.15, 0.2) is 0 Å². The summed E-state index contributed by atoms with van der Waals surface area (Å²) in [5.74, 6) is 0. The second-order valence-corrected chi connectivity index (χ2v) is 3.60. The van der Waals surface area contributed by atoms with Gasteiger partial charge >= 0.3 is 0 Å². The van der Waals surface area contributed by atoms with Crippen LogP contribution in [0.1, 0.15) is 39.0 Å². The molecule has 1 atom stereocenters. The third-order valence-electron chi connectivity index (χ3n) is 1.98. The molecule has 0 heterocycles. The first kappa shape index (κ1) is 12.9. The lowest BCUT2D eigenvalue weighted by molar-refractivity contribution is 0.0765. The molecule has 1 unspecified atom stereocenters. The van der Waals surface area contributed by atoms with Gasteiger partial charge in [-0.15, -0.1) is 0 Å². The Morgan fingerprint density at radius 1 is 1.31 bits per heavy atom. The van der Waals surface area contributed by atoms with Gasteiger partial charge in [0.1, 0.15) is 0 Å². The van der Waals surface area contributed by atoms with Crippen molar-refractivity contribution in [2.75, 3.05) is 13.7 Å². The molecule has 3 nitrogen and oxygen atoms in total. The first-order chi connectivity index (χ1) is 6.16. The van der Waals surface area contributed by atoms with Crippen molar-refractivity contribution in [3.8, 4) is 0 Å². The van der Waals surface area contributed by atoms with Crippen LogP contribution in [-0.2, 0) is 4.74 Å². The van der Waals surface area contributed by atoms with Crippen molar-refractivity contribution < 1.29 is 14.9 Å². The second kappa shape index (κ2) is 8.48. The Bertz CT molecular complexity index is 98.3. The van der Waals surface area contributed by atoms with Gasteiger partial charge in [-0.05, 0) is 19.8 Å². The molecule has 1 aliphatic rings. The van der Waals surface area contributed by atoms with Gasteiger partial charge in [-0.1, -0.05) is 19.3 Å². The van der Waals surface area contributed by atoms with E-state index in [0.29, 0.717) is 6.61 Å². The van der Waals surface area contributed by atoms with Crippen LogP contribution in [-0.4, -0.2) is 36.1 Å². The Morgan fingerprint density at radius 3 is 2.00 bits per heavy atom. The minimum absolute atomic E-state index is 0.0359. The average molecular weight is 190 g/mol. The van der Waals surface area contributed by atoms with Crippen LogP contribution in [0.5, 0.6) is 0 Å². The lowest BCUT2D eigenvalue weighted by Crippen LogP contribution is -2.09. The molecule has 0 aromatic heterocycles. The fourth-order valence-corrected chi connectivity index (χ4v) is 1.32. The Hall–Kier alpha value is -0.120. The Morgan fingerprint density at radius 2 is 1.85 bits per heavy atom. The summed E-state index contributed by atoms with van der Waals surface area (Å²) >= 11 is 0. The monoisotopic (exact) mass is 190 g/mol. The highest BCUT2D eigenvalue weighted by atomic mass is 16.5. The van der Waals surface area contributed by atoms with E-state index in [0.717, 1.165) is 12.8 Å². The fraction of sp³-hybridized carbons (Fsp3) is 1.00. The van der Waals surface area contributed by atoms with E-state index in [2.05, 4.69) is 4.74 Å². The van der Waals surface area contributed by atoms with E-state index in [1.165, 1.54) is 19.3 Å². The summed E-state index contributed by atoms with van der Waals surface area (Å²) in [4.78, 5) is 0. The molecular formula is C10H22O3. The van der Waals surface area contributed by atoms with Gasteiger partial charge in [0.05, 0.1) is 18.8 Å². The summed E-state index contributed by atoms with van der Waals surface area (Å²) in [5, 5.41) is 17.3. The molecule has 0 spiro atoms. The van der Waals surface area contributed by atoms with Crippen LogP contribution in [0, 0.1) is 0 Å². The molecule has 1 fully saturated rings. The molecule has 0 aliphatic heterocycles. The zero-order valence-corrected chi connectivity index (χ0v) is 8.70. The number of rotatable bonds is 2. The molecule has 3 heteroatoms. The maximum atomic E-state index is 8.91. The topological polar surface area (TPSA) is 49.7 Å². The fourth-order valence-electron chi connectivity index (χ4n) is 1.32. The predicted molar refractivity (Wildman–Crippen MR) is 52.6 cm³/mol. The van der Waals surface area contributed by atoms with E-state index in [-0.39, 0.29) is 12.2 Å². The van der Waals surface area contributed by atoms with Crippen LogP contribution in [0.25, 0.3) is 0 Å². The smallest absolute Gasteiger partial charge is 0.0745 e. The molecular weight excluding hydrogens is 168 g/mol. The first-order valence-corrected chi connectivity index (χ1v) is 5.02. The number of aliphatic hydroxyl groups is 2. The van der Waals surface area contributed by atoms with Gasteiger partial charge in [0.25, 0.3) is 0 Å². The zero-order chi connectivity index (χ0) is 10.1. The minimum Gasteiger partial charge on any atom is -0.393 e. The highest BCUT2D eigenvalue weighted by Gasteiger charge is 2.07. The van der Waals surface area contributed by atoms with Crippen molar-refractivity contribution >= 4 is 0 Å². The lowest BCUT2D eigenvalue weighted by atomic mass is 9.98. The number of methoxy groups -OCH3 is 1. The van der Waals surface area contributed by atoms with Crippen LogP contribution < -0.4 is 0 Å². The maximum Gasteiger partial charge on any atom is 0.0745 e. The third kappa shape index (κ3) is 9.80. The van der Waals surface area contributed by atoms with Gasteiger partial charge in [-0.25, -0.2) is 0 Å². The van der Waals surface area contributed by atoms with Gasteiger partial charge in [-0.2, -0.15) is 0 Å². The normalized spacial score (nSPS) is 20.3. The Kier molecular flexibility index (Phi) is 8.40. The molecule has 0 saturated heterocycles. The number of hydrogen-bond donors (Lipinski definition) is 2. The highest BCUT2D eigenvalue weighted by Crippen LogP contribution is 2.16. The molecule has 0 aromatic carbocycles. The number of ether oxygens (including phenoxy) is 1. The molecule has 13 heavy (non-hydrogen) atoms. The van der Waals surface area contributed by atoms with Crippen LogP contribution in [0.2, 0.25) is 0 Å². The summed E-state index contributed by atoms with van der Waals surface area (Å²) in [5.41, 5.74) is 0. The van der Waals surface area contributed by atoms with Gasteiger partial charge in [0.2, 0.25) is 0 Å². The van der Waals surface area contributed by atoms with Gasteiger partial charge in [-0.3, -0.25) is 0 Å². The van der Waals surface area contributed by atoms with Crippen molar-refractivity contribution in [1.82, 2.24) is 0 Å². The molecule has 2 N–H and O–H groups in total. The van der Waals surface area contributed by atoms with E-state index < -0.39 is 0 Å². The molecule has 0 aromatic rings. The average Bonchev–Trinajstić information content (AvgIpc) is 2.06. The van der Waals surface area contributed by atoms with E-state index in [1.807, 2.05) is 0 Å². The summed E-state index contributed by atoms with van der Waals surface area (Å²) in [6.07, 6.45) is 5.60. The predicted octanol–water partition coefficient (Wildman–Crippen LogP) is 1.33. The van der Waals surface area contributed by atoms with Crippen molar-refractivity contribution in [3.63, 3.8) is 0 Å². The molecule has 1 saturated carbocycles. The highest BCUT2D eigenvalue weighted by molar-refractivity contribution is 4.61. The quantitative estimate of drug-likeness (QED) is 0.690. The van der Waals surface area contributed by atoms with Crippen LogP contribution in [0.15, 0.2) is 0 Å². The number of aliphatic hydroxyl groups excluding tert-OH is 2. The molecule has 80 valence electrons. The SMILES string of the molecule is COCC(C)O.OC1CCCCC1. The summed E-state index contributed by atoms with van der Waals surface area (Å²) in [6, 6.07) is 0. The van der Waals surface area contributed by atoms with E-state index in [4.69, 9.17) is 10.2 Å². The Balaban J connectivity index is 0.000000226. The van der Waals surface area contributed by atoms with Crippen molar-refractivity contribution in [2.45, 2.75) is 51.2 Å². The van der Waals surface area contributed by atoms with E-state index in [9.17, 15) is 0 Å². The molecule has 0 radical (unpaired) electrons. The van der Waals surface area contributed by atoms with E-state index in [1.54, 1.807) is 14.0 Å². The largest absolute Gasteiger partial charge is 0.393 e. The second-order valence-electron chi connectivity index (χ2n) is 3.60. The van der Waals surface area contributed by atoms with Crippen LogP contribution >= 0.6 is 0 Å². The lowest BCUT2D eigenvalue weighted by Gasteiger charge is -2.14. The molecule has 1 rings (SSSR count). The zero-order valence-electron chi connectivity index (χ0n) is 8.70. The molecule has 0 amide bonds. The molecule has 0 bridgehead atoms. The van der Waals surface area contributed by atoms with Crippen molar-refractivity contribution in [2.24, 2.45) is 0 Å². The van der Waals surface area contributed by atoms with Crippen LogP contribution in [0.3, 0.4) is 0 Å². The van der Waals surface area contributed by atoms with Gasteiger partial charge < -0.3 is 14.9 Å². The van der Waals surface area contributed by atoms with Gasteiger partial charge in [0, 0.05) is 7.11 Å². The summed E-state index contributed by atoms with van der Waals surface area (Å²) < 4.78 is 4.55. The molecule has 1 aliphatic carbocycles. The van der Waals surface area contributed by atoms with Crippen molar-refractivity contribution in [3.05, 3.63) is 0 Å². The first-order valence-electron chi connectivity index (χ1n) is 5.02. The Labute approximate surface area is 80.7 Å². The van der Waals surface area contributed by atoms with Crippen LogP contribution in [0.4, 0.5) is 0 Å². The number of hydrogen-bond acceptors (Lipinski definition) is 3. The third-order valence-corrected chi connectivity index (χ3v) is 1.98. The van der Waals surface area contributed by atoms with E-state index >= 15 is 0 Å². The summed E-state index contributed by atoms with van der Waals surface area (Å²) in [7, 11) is 1.56. The minimum atomic E-state index is -0.324.